The van der Waals surface area contributed by atoms with Crippen LogP contribution in [0.1, 0.15) is 24.0 Å². The minimum atomic E-state index is 0.121. The van der Waals surface area contributed by atoms with Crippen LogP contribution in [0.4, 0.5) is 0 Å². The molecule has 0 amide bonds. The second-order valence-electron chi connectivity index (χ2n) is 5.91. The molecule has 1 heterocycles. The third-order valence-corrected chi connectivity index (χ3v) is 4.39. The molecule has 1 saturated heterocycles. The highest BCUT2D eigenvalue weighted by molar-refractivity contribution is 5.80. The Morgan fingerprint density at radius 1 is 1.00 bits per heavy atom. The van der Waals surface area contributed by atoms with Crippen LogP contribution in [0.2, 0.25) is 0 Å². The molecule has 2 aromatic carbocycles. The molecule has 0 spiro atoms. The maximum atomic E-state index is 12.0. The maximum Gasteiger partial charge on any atom is 0.134 e. The first kappa shape index (κ1) is 14.0. The molecule has 2 atom stereocenters. The van der Waals surface area contributed by atoms with E-state index in [2.05, 4.69) is 53.4 Å². The SMILES string of the molecule is CC(=O)C1CN(Cc2ccccc2)CC1c1ccccc1. The number of likely N-dealkylation sites (tertiary alicyclic amines) is 1. The molecule has 2 nitrogen and oxygen atoms in total. The minimum Gasteiger partial charge on any atom is -0.300 e. The molecular formula is C19H21NO. The van der Waals surface area contributed by atoms with Crippen LogP contribution < -0.4 is 0 Å². The van der Waals surface area contributed by atoms with Gasteiger partial charge in [-0.05, 0) is 18.1 Å². The van der Waals surface area contributed by atoms with Gasteiger partial charge in [0.05, 0.1) is 0 Å². The van der Waals surface area contributed by atoms with Gasteiger partial charge in [0.1, 0.15) is 5.78 Å². The standard InChI is InChI=1S/C19H21NO/c1-15(21)18-13-20(12-16-8-4-2-5-9-16)14-19(18)17-10-6-3-7-11-17/h2-11,18-19H,12-14H2,1H3. The summed E-state index contributed by atoms with van der Waals surface area (Å²) < 4.78 is 0. The Labute approximate surface area is 126 Å². The van der Waals surface area contributed by atoms with Gasteiger partial charge >= 0.3 is 0 Å². The highest BCUT2D eigenvalue weighted by Gasteiger charge is 2.36. The van der Waals surface area contributed by atoms with Crippen molar-refractivity contribution in [2.45, 2.75) is 19.4 Å². The topological polar surface area (TPSA) is 20.3 Å². The number of nitrogens with zero attached hydrogens (tertiary/aromatic N) is 1. The monoisotopic (exact) mass is 279 g/mol. The van der Waals surface area contributed by atoms with Gasteiger partial charge in [-0.1, -0.05) is 60.7 Å². The van der Waals surface area contributed by atoms with Gasteiger partial charge in [-0.2, -0.15) is 0 Å². The molecule has 3 rings (SSSR count). The fraction of sp³-hybridized carbons (Fsp3) is 0.316. The van der Waals surface area contributed by atoms with Crippen LogP contribution >= 0.6 is 0 Å². The zero-order chi connectivity index (χ0) is 14.7. The highest BCUT2D eigenvalue weighted by atomic mass is 16.1. The molecule has 0 bridgehead atoms. The molecule has 1 aliphatic heterocycles. The molecule has 0 N–H and O–H groups in total. The Kier molecular flexibility index (Phi) is 4.16. The molecule has 0 aromatic heterocycles. The van der Waals surface area contributed by atoms with Gasteiger partial charge in [0.2, 0.25) is 0 Å². The fourth-order valence-corrected chi connectivity index (χ4v) is 3.31. The van der Waals surface area contributed by atoms with Gasteiger partial charge in [-0.15, -0.1) is 0 Å². The molecular weight excluding hydrogens is 258 g/mol. The first-order chi connectivity index (χ1) is 10.2. The van der Waals surface area contributed by atoms with Crippen molar-refractivity contribution in [1.29, 1.82) is 0 Å². The predicted molar refractivity (Wildman–Crippen MR) is 85.1 cm³/mol. The van der Waals surface area contributed by atoms with Crippen molar-refractivity contribution in [1.82, 2.24) is 4.90 Å². The number of hydrogen-bond acceptors (Lipinski definition) is 2. The smallest absolute Gasteiger partial charge is 0.134 e. The van der Waals surface area contributed by atoms with E-state index < -0.39 is 0 Å². The van der Waals surface area contributed by atoms with Crippen LogP contribution in [0.3, 0.4) is 0 Å². The van der Waals surface area contributed by atoms with E-state index in [4.69, 9.17) is 0 Å². The van der Waals surface area contributed by atoms with Crippen molar-refractivity contribution in [3.05, 3.63) is 71.8 Å². The number of ketones is 1. The zero-order valence-corrected chi connectivity index (χ0v) is 12.4. The average molecular weight is 279 g/mol. The number of rotatable bonds is 4. The lowest BCUT2D eigenvalue weighted by Crippen LogP contribution is -2.22. The van der Waals surface area contributed by atoms with Crippen molar-refractivity contribution < 1.29 is 4.79 Å². The second-order valence-corrected chi connectivity index (χ2v) is 5.91. The van der Waals surface area contributed by atoms with E-state index >= 15 is 0 Å². The summed E-state index contributed by atoms with van der Waals surface area (Å²) in [6.45, 7) is 4.48. The van der Waals surface area contributed by atoms with Crippen molar-refractivity contribution in [3.8, 4) is 0 Å². The Morgan fingerprint density at radius 3 is 2.24 bits per heavy atom. The van der Waals surface area contributed by atoms with Gasteiger partial charge in [0.25, 0.3) is 0 Å². The Balaban J connectivity index is 1.77. The number of benzene rings is 2. The van der Waals surface area contributed by atoms with E-state index in [0.29, 0.717) is 11.7 Å². The summed E-state index contributed by atoms with van der Waals surface area (Å²) in [7, 11) is 0. The van der Waals surface area contributed by atoms with Gasteiger partial charge in [0.15, 0.2) is 0 Å². The van der Waals surface area contributed by atoms with Crippen LogP contribution in [-0.4, -0.2) is 23.8 Å². The largest absolute Gasteiger partial charge is 0.300 e. The molecule has 1 fully saturated rings. The first-order valence-electron chi connectivity index (χ1n) is 7.55. The van der Waals surface area contributed by atoms with Crippen LogP contribution in [0.15, 0.2) is 60.7 Å². The van der Waals surface area contributed by atoms with Crippen LogP contribution in [0, 0.1) is 5.92 Å². The van der Waals surface area contributed by atoms with Gasteiger partial charge in [-0.25, -0.2) is 0 Å². The van der Waals surface area contributed by atoms with Crippen LogP contribution in [0.5, 0.6) is 0 Å². The Hall–Kier alpha value is -1.93. The third-order valence-electron chi connectivity index (χ3n) is 4.39. The number of carbonyl (C=O) groups excluding carboxylic acids is 1. The summed E-state index contributed by atoms with van der Waals surface area (Å²) in [6, 6.07) is 20.9. The Bertz CT molecular complexity index is 593. The molecule has 1 aliphatic rings. The molecule has 0 radical (unpaired) electrons. The van der Waals surface area contributed by atoms with Gasteiger partial charge < -0.3 is 0 Å². The second kappa shape index (κ2) is 6.23. The highest BCUT2D eigenvalue weighted by Crippen LogP contribution is 2.33. The number of Topliss-reactive ketones (excluding diaryl/α,β-unsaturated/α-hetero) is 1. The zero-order valence-electron chi connectivity index (χ0n) is 12.4. The summed E-state index contributed by atoms with van der Waals surface area (Å²) in [5, 5.41) is 0. The van der Waals surface area contributed by atoms with E-state index in [1.54, 1.807) is 6.92 Å². The molecule has 2 unspecified atom stereocenters. The first-order valence-corrected chi connectivity index (χ1v) is 7.55. The summed E-state index contributed by atoms with van der Waals surface area (Å²) in [4.78, 5) is 14.4. The summed E-state index contributed by atoms with van der Waals surface area (Å²) >= 11 is 0. The maximum absolute atomic E-state index is 12.0. The lowest BCUT2D eigenvalue weighted by Gasteiger charge is -2.16. The average Bonchev–Trinajstić information content (AvgIpc) is 2.93. The van der Waals surface area contributed by atoms with Gasteiger partial charge in [-0.3, -0.25) is 9.69 Å². The lowest BCUT2D eigenvalue weighted by molar-refractivity contribution is -0.120. The van der Waals surface area contributed by atoms with Crippen LogP contribution in [0.25, 0.3) is 0 Å². The van der Waals surface area contributed by atoms with E-state index in [1.165, 1.54) is 11.1 Å². The summed E-state index contributed by atoms with van der Waals surface area (Å²) in [6.07, 6.45) is 0. The van der Waals surface area contributed by atoms with Crippen molar-refractivity contribution in [3.63, 3.8) is 0 Å². The number of hydrogen-bond donors (Lipinski definition) is 0. The quantitative estimate of drug-likeness (QED) is 0.854. The molecule has 2 aromatic rings. The molecule has 108 valence electrons. The van der Waals surface area contributed by atoms with E-state index in [9.17, 15) is 4.79 Å². The summed E-state index contributed by atoms with van der Waals surface area (Å²) in [5.41, 5.74) is 2.60. The predicted octanol–water partition coefficient (Wildman–Crippen LogP) is 3.49. The summed E-state index contributed by atoms with van der Waals surface area (Å²) in [5.74, 6) is 0.753. The molecule has 21 heavy (non-hydrogen) atoms. The molecule has 0 aliphatic carbocycles. The Morgan fingerprint density at radius 2 is 1.62 bits per heavy atom. The lowest BCUT2D eigenvalue weighted by atomic mass is 9.87. The van der Waals surface area contributed by atoms with E-state index in [1.807, 2.05) is 12.1 Å². The van der Waals surface area contributed by atoms with Crippen molar-refractivity contribution in [2.24, 2.45) is 5.92 Å². The molecule has 2 heteroatoms. The molecule has 0 saturated carbocycles. The van der Waals surface area contributed by atoms with E-state index in [0.717, 1.165) is 19.6 Å². The van der Waals surface area contributed by atoms with Gasteiger partial charge in [0, 0.05) is 31.5 Å². The van der Waals surface area contributed by atoms with E-state index in [-0.39, 0.29) is 5.92 Å². The third kappa shape index (κ3) is 3.22. The fourth-order valence-electron chi connectivity index (χ4n) is 3.31. The van der Waals surface area contributed by atoms with Crippen molar-refractivity contribution in [2.75, 3.05) is 13.1 Å². The van der Waals surface area contributed by atoms with Crippen molar-refractivity contribution >= 4 is 5.78 Å². The minimum absolute atomic E-state index is 0.121. The number of carbonyl (C=O) groups is 1. The van der Waals surface area contributed by atoms with Crippen LogP contribution in [-0.2, 0) is 11.3 Å². The normalized spacial score (nSPS) is 22.3.